The van der Waals surface area contributed by atoms with Crippen LogP contribution in [0.4, 0.5) is 0 Å². The van der Waals surface area contributed by atoms with Crippen molar-refractivity contribution in [2.45, 2.75) is 33.2 Å². The van der Waals surface area contributed by atoms with E-state index in [1.807, 2.05) is 12.1 Å². The molecule has 0 bridgehead atoms. The monoisotopic (exact) mass is 400 g/mol. The number of thiol groups is 4. The molecular weight excluding hydrogens is 380 g/mol. The van der Waals surface area contributed by atoms with Gasteiger partial charge in [0, 0.05) is 12.4 Å². The first-order valence-corrected chi connectivity index (χ1v) is 9.24. The summed E-state index contributed by atoms with van der Waals surface area (Å²) in [7, 11) is 0. The second-order valence-corrected chi connectivity index (χ2v) is 8.15. The summed E-state index contributed by atoms with van der Waals surface area (Å²) in [5, 5.41) is 20.0. The summed E-state index contributed by atoms with van der Waals surface area (Å²) in [5.74, 6) is 0. The fourth-order valence-electron chi connectivity index (χ4n) is 2.19. The first kappa shape index (κ1) is 19.9. The van der Waals surface area contributed by atoms with Gasteiger partial charge in [0.1, 0.15) is 9.87 Å². The molecule has 2 heterocycles. The van der Waals surface area contributed by atoms with E-state index in [0.717, 1.165) is 0 Å². The molecule has 0 aliphatic heterocycles. The molecule has 8 heteroatoms. The highest BCUT2D eigenvalue weighted by Crippen LogP contribution is 2.43. The van der Waals surface area contributed by atoms with E-state index in [2.05, 4.69) is 60.5 Å². The molecule has 130 valence electrons. The van der Waals surface area contributed by atoms with E-state index in [4.69, 9.17) is 0 Å². The third-order valence-electron chi connectivity index (χ3n) is 3.67. The molecule has 24 heavy (non-hydrogen) atoms. The summed E-state index contributed by atoms with van der Waals surface area (Å²) in [5.41, 5.74) is 1.21. The average Bonchev–Trinajstić information content (AvgIpc) is 2.60. The molecule has 2 N–H and O–H groups in total. The maximum atomic E-state index is 10.6. The smallest absolute Gasteiger partial charge is 0.125 e. The number of aliphatic hydroxyl groups is 2. The van der Waals surface area contributed by atoms with Crippen LogP contribution < -0.4 is 0 Å². The summed E-state index contributed by atoms with van der Waals surface area (Å²) in [6, 6.07) is 10.7. The van der Waals surface area contributed by atoms with Gasteiger partial charge in [-0.3, -0.25) is 9.97 Å². The third kappa shape index (κ3) is 5.06. The normalized spacial score (nSPS) is 19.1. The topological polar surface area (TPSA) is 66.2 Å². The molecule has 4 unspecified atom stereocenters. The van der Waals surface area contributed by atoms with Crippen LogP contribution in [0.1, 0.15) is 34.7 Å². The quantitative estimate of drug-likeness (QED) is 0.319. The molecular formula is C16H20N2O2S4. The minimum Gasteiger partial charge on any atom is -0.378 e. The molecule has 0 aliphatic carbocycles. The SMILES string of the molecule is OC(S)(CCC(O)(S)C(S)c1ccccn1)C(S)c1ccccn1. The lowest BCUT2D eigenvalue weighted by molar-refractivity contribution is 0.0738. The van der Waals surface area contributed by atoms with Crippen LogP contribution in [0.5, 0.6) is 0 Å². The Bertz CT molecular complexity index is 584. The van der Waals surface area contributed by atoms with Crippen LogP contribution in [-0.4, -0.2) is 30.0 Å². The molecule has 0 saturated heterocycles. The van der Waals surface area contributed by atoms with Crippen LogP contribution in [0.2, 0.25) is 0 Å². The molecule has 4 nitrogen and oxygen atoms in total. The van der Waals surface area contributed by atoms with Gasteiger partial charge >= 0.3 is 0 Å². The summed E-state index contributed by atoms with van der Waals surface area (Å²) < 4.78 is 0. The van der Waals surface area contributed by atoms with Crippen molar-refractivity contribution in [1.82, 2.24) is 9.97 Å². The molecule has 4 atom stereocenters. The number of pyridine rings is 2. The van der Waals surface area contributed by atoms with Gasteiger partial charge in [0.2, 0.25) is 0 Å². The Balaban J connectivity index is 2.04. The van der Waals surface area contributed by atoms with E-state index in [1.165, 1.54) is 0 Å². The molecule has 2 aromatic rings. The van der Waals surface area contributed by atoms with Gasteiger partial charge in [-0.1, -0.05) is 12.1 Å². The van der Waals surface area contributed by atoms with Gasteiger partial charge in [-0.15, -0.1) is 25.3 Å². The highest BCUT2D eigenvalue weighted by Gasteiger charge is 2.38. The predicted octanol–water partition coefficient (Wildman–Crippen LogP) is 3.14. The van der Waals surface area contributed by atoms with Gasteiger partial charge in [-0.2, -0.15) is 25.3 Å². The fourth-order valence-corrected chi connectivity index (χ4v) is 3.24. The van der Waals surface area contributed by atoms with E-state index in [-0.39, 0.29) is 12.8 Å². The Hall–Kier alpha value is -0.380. The molecule has 0 saturated carbocycles. The van der Waals surface area contributed by atoms with Crippen LogP contribution in [0.25, 0.3) is 0 Å². The van der Waals surface area contributed by atoms with E-state index in [0.29, 0.717) is 11.4 Å². The number of hydrogen-bond acceptors (Lipinski definition) is 8. The maximum Gasteiger partial charge on any atom is 0.125 e. The summed E-state index contributed by atoms with van der Waals surface area (Å²) in [6.45, 7) is 0. The average molecular weight is 401 g/mol. The highest BCUT2D eigenvalue weighted by molar-refractivity contribution is 7.85. The molecule has 0 spiro atoms. The lowest BCUT2D eigenvalue weighted by Crippen LogP contribution is -2.34. The molecule has 0 aliphatic rings. The van der Waals surface area contributed by atoms with Crippen molar-refractivity contribution in [3.8, 4) is 0 Å². The second-order valence-electron chi connectivity index (χ2n) is 5.57. The number of hydrogen-bond donors (Lipinski definition) is 6. The minimum atomic E-state index is -1.47. The van der Waals surface area contributed by atoms with Crippen molar-refractivity contribution in [2.24, 2.45) is 0 Å². The molecule has 0 fully saturated rings. The van der Waals surface area contributed by atoms with Gasteiger partial charge in [-0.25, -0.2) is 0 Å². The standard InChI is InChI=1S/C16H20N2O2S4/c19-15(23,13(21)11-5-1-3-9-17-11)7-8-16(20,24)14(22)12-6-2-4-10-18-12/h1-6,9-10,13-14,19-24H,7-8H2. The largest absolute Gasteiger partial charge is 0.378 e. The van der Waals surface area contributed by atoms with Crippen LogP contribution in [0.3, 0.4) is 0 Å². The zero-order chi connectivity index (χ0) is 17.8. The van der Waals surface area contributed by atoms with Crippen molar-refractivity contribution < 1.29 is 10.2 Å². The van der Waals surface area contributed by atoms with Crippen LogP contribution >= 0.6 is 50.5 Å². The summed E-state index contributed by atoms with van der Waals surface area (Å²) in [6.07, 6.45) is 3.54. The van der Waals surface area contributed by atoms with Gasteiger partial charge in [0.15, 0.2) is 0 Å². The number of nitrogens with zero attached hydrogens (tertiary/aromatic N) is 2. The lowest BCUT2D eigenvalue weighted by atomic mass is 10.0. The minimum absolute atomic E-state index is 0.144. The van der Waals surface area contributed by atoms with Crippen molar-refractivity contribution in [1.29, 1.82) is 0 Å². The number of aromatic nitrogens is 2. The Morgan fingerprint density at radius 2 is 1.17 bits per heavy atom. The van der Waals surface area contributed by atoms with Crippen molar-refractivity contribution >= 4 is 50.5 Å². The van der Waals surface area contributed by atoms with Crippen LogP contribution in [0, 0.1) is 0 Å². The fraction of sp³-hybridized carbons (Fsp3) is 0.375. The van der Waals surface area contributed by atoms with Crippen LogP contribution in [-0.2, 0) is 0 Å². The van der Waals surface area contributed by atoms with Crippen LogP contribution in [0.15, 0.2) is 48.8 Å². The Morgan fingerprint density at radius 1 is 0.792 bits per heavy atom. The zero-order valence-corrected chi connectivity index (χ0v) is 16.3. The lowest BCUT2D eigenvalue weighted by Gasteiger charge is -2.33. The molecule has 0 amide bonds. The molecule has 2 aromatic heterocycles. The zero-order valence-electron chi connectivity index (χ0n) is 12.8. The van der Waals surface area contributed by atoms with E-state index < -0.39 is 20.4 Å². The van der Waals surface area contributed by atoms with Gasteiger partial charge in [0.05, 0.1) is 21.9 Å². The Morgan fingerprint density at radius 3 is 1.46 bits per heavy atom. The molecule has 0 aromatic carbocycles. The first-order chi connectivity index (χ1) is 11.2. The van der Waals surface area contributed by atoms with Gasteiger partial charge in [-0.05, 0) is 37.1 Å². The van der Waals surface area contributed by atoms with Crippen molar-refractivity contribution in [3.63, 3.8) is 0 Å². The summed E-state index contributed by atoms with van der Waals surface area (Å²) >= 11 is 17.5. The Labute approximate surface area is 163 Å². The molecule has 2 rings (SSSR count). The first-order valence-electron chi connectivity index (χ1n) is 7.31. The number of rotatable bonds is 7. The van der Waals surface area contributed by atoms with E-state index in [1.54, 1.807) is 36.7 Å². The van der Waals surface area contributed by atoms with Gasteiger partial charge < -0.3 is 10.2 Å². The summed E-state index contributed by atoms with van der Waals surface area (Å²) in [4.78, 5) is 5.43. The van der Waals surface area contributed by atoms with E-state index in [9.17, 15) is 10.2 Å². The maximum absolute atomic E-state index is 10.6. The van der Waals surface area contributed by atoms with E-state index >= 15 is 0 Å². The Kier molecular flexibility index (Phi) is 6.92. The third-order valence-corrected chi connectivity index (χ3v) is 6.43. The molecule has 0 radical (unpaired) electrons. The second kappa shape index (κ2) is 8.33. The highest BCUT2D eigenvalue weighted by atomic mass is 32.1. The predicted molar refractivity (Wildman–Crippen MR) is 109 cm³/mol. The van der Waals surface area contributed by atoms with Crippen molar-refractivity contribution in [3.05, 3.63) is 60.2 Å². The van der Waals surface area contributed by atoms with Gasteiger partial charge in [0.25, 0.3) is 0 Å². The van der Waals surface area contributed by atoms with Crippen molar-refractivity contribution in [2.75, 3.05) is 0 Å².